The van der Waals surface area contributed by atoms with E-state index in [0.29, 0.717) is 25.9 Å². The minimum atomic E-state index is -4.41. The zero-order valence-corrected chi connectivity index (χ0v) is 12.2. The third-order valence-corrected chi connectivity index (χ3v) is 3.74. The molecular weight excluding hydrogens is 315 g/mol. The quantitative estimate of drug-likeness (QED) is 0.920. The van der Waals surface area contributed by atoms with Gasteiger partial charge in [-0.3, -0.25) is 9.59 Å². The molecule has 0 aliphatic carbocycles. The average Bonchev–Trinajstić information content (AvgIpc) is 2.52. The summed E-state index contributed by atoms with van der Waals surface area (Å²) in [5.74, 6) is -1.44. The molecule has 1 aromatic carbocycles. The van der Waals surface area contributed by atoms with Crippen LogP contribution >= 0.6 is 0 Å². The normalized spacial score (nSPS) is 16.2. The number of likely N-dealkylation sites (tertiary alicyclic amines) is 1. The van der Waals surface area contributed by atoms with Crippen LogP contribution in [0, 0.1) is 5.92 Å². The van der Waals surface area contributed by atoms with Gasteiger partial charge in [-0.25, -0.2) is 0 Å². The lowest BCUT2D eigenvalue weighted by atomic mass is 9.97. The number of aliphatic carboxylic acids is 1. The number of alkyl halides is 3. The van der Waals surface area contributed by atoms with Crippen molar-refractivity contribution in [3.63, 3.8) is 0 Å². The van der Waals surface area contributed by atoms with Crippen molar-refractivity contribution in [1.29, 1.82) is 0 Å². The van der Waals surface area contributed by atoms with Gasteiger partial charge in [0.05, 0.1) is 11.5 Å². The molecule has 0 saturated carbocycles. The maximum absolute atomic E-state index is 12.4. The van der Waals surface area contributed by atoms with Gasteiger partial charge in [-0.05, 0) is 37.1 Å². The second-order valence-corrected chi connectivity index (χ2v) is 5.30. The molecule has 1 saturated heterocycles. The molecule has 0 aromatic heterocycles. The number of halogens is 3. The van der Waals surface area contributed by atoms with Crippen LogP contribution < -0.4 is 4.74 Å². The van der Waals surface area contributed by atoms with E-state index in [4.69, 9.17) is 9.84 Å². The predicted octanol–water partition coefficient (Wildman–Crippen LogP) is 2.41. The van der Waals surface area contributed by atoms with E-state index < -0.39 is 23.6 Å². The molecule has 1 aliphatic heterocycles. The number of rotatable bonds is 4. The Bertz CT molecular complexity index is 563. The van der Waals surface area contributed by atoms with Crippen molar-refractivity contribution in [3.05, 3.63) is 29.8 Å². The fourth-order valence-electron chi connectivity index (χ4n) is 2.35. The number of amides is 1. The molecule has 5 nitrogen and oxygen atoms in total. The summed E-state index contributed by atoms with van der Waals surface area (Å²) in [7, 11) is 0. The Kier molecular flexibility index (Phi) is 5.12. The van der Waals surface area contributed by atoms with Gasteiger partial charge in [0, 0.05) is 13.1 Å². The average molecular weight is 331 g/mol. The monoisotopic (exact) mass is 331 g/mol. The number of ether oxygens (including phenoxy) is 1. The first-order valence-corrected chi connectivity index (χ1v) is 7.08. The van der Waals surface area contributed by atoms with Crippen LogP contribution in [-0.4, -0.2) is 41.6 Å². The molecule has 1 amide bonds. The van der Waals surface area contributed by atoms with Gasteiger partial charge in [0.15, 0.2) is 6.61 Å². The summed E-state index contributed by atoms with van der Waals surface area (Å²) < 4.78 is 42.5. The molecular formula is C15H16F3NO4. The van der Waals surface area contributed by atoms with Crippen molar-refractivity contribution in [2.75, 3.05) is 19.7 Å². The lowest BCUT2D eigenvalue weighted by Crippen LogP contribution is -2.42. The molecule has 1 N–H and O–H groups in total. The van der Waals surface area contributed by atoms with Crippen LogP contribution in [0.1, 0.15) is 18.4 Å². The van der Waals surface area contributed by atoms with Crippen LogP contribution in [0.25, 0.3) is 0 Å². The number of carbonyl (C=O) groups excluding carboxylic acids is 1. The Labute approximate surface area is 130 Å². The van der Waals surface area contributed by atoms with Crippen molar-refractivity contribution in [2.45, 2.75) is 19.0 Å². The third-order valence-electron chi connectivity index (χ3n) is 3.74. The summed E-state index contributed by atoms with van der Waals surface area (Å²) in [5.41, 5.74) is -0.785. The van der Waals surface area contributed by atoms with Gasteiger partial charge in [0.1, 0.15) is 5.75 Å². The Morgan fingerprint density at radius 2 is 1.74 bits per heavy atom. The van der Waals surface area contributed by atoms with E-state index in [-0.39, 0.29) is 18.3 Å². The SMILES string of the molecule is O=C(O)C1CCN(C(=O)COc2ccc(C(F)(F)F)cc2)CC1. The maximum Gasteiger partial charge on any atom is 0.416 e. The zero-order chi connectivity index (χ0) is 17.0. The minimum absolute atomic E-state index is 0.173. The fourth-order valence-corrected chi connectivity index (χ4v) is 2.35. The highest BCUT2D eigenvalue weighted by Crippen LogP contribution is 2.30. The molecule has 1 fully saturated rings. The van der Waals surface area contributed by atoms with E-state index in [1.807, 2.05) is 0 Å². The molecule has 8 heteroatoms. The van der Waals surface area contributed by atoms with Crippen LogP contribution in [0.2, 0.25) is 0 Å². The number of carbonyl (C=O) groups is 2. The molecule has 0 unspecified atom stereocenters. The van der Waals surface area contributed by atoms with Gasteiger partial charge in [0.2, 0.25) is 0 Å². The Morgan fingerprint density at radius 3 is 2.22 bits per heavy atom. The van der Waals surface area contributed by atoms with Crippen LogP contribution in [0.15, 0.2) is 24.3 Å². The van der Waals surface area contributed by atoms with Crippen LogP contribution in [0.5, 0.6) is 5.75 Å². The van der Waals surface area contributed by atoms with Gasteiger partial charge < -0.3 is 14.7 Å². The van der Waals surface area contributed by atoms with Crippen molar-refractivity contribution in [2.24, 2.45) is 5.92 Å². The molecule has 126 valence electrons. The first-order valence-electron chi connectivity index (χ1n) is 7.08. The lowest BCUT2D eigenvalue weighted by Gasteiger charge is -2.30. The number of hydrogen-bond donors (Lipinski definition) is 1. The van der Waals surface area contributed by atoms with E-state index >= 15 is 0 Å². The summed E-state index contributed by atoms with van der Waals surface area (Å²) in [4.78, 5) is 24.3. The third kappa shape index (κ3) is 4.61. The molecule has 2 rings (SSSR count). The van der Waals surface area contributed by atoms with Gasteiger partial charge in [0.25, 0.3) is 5.91 Å². The first-order chi connectivity index (χ1) is 10.8. The molecule has 0 atom stereocenters. The number of nitrogens with zero attached hydrogens (tertiary/aromatic N) is 1. The van der Waals surface area contributed by atoms with Gasteiger partial charge in [-0.2, -0.15) is 13.2 Å². The van der Waals surface area contributed by atoms with Crippen molar-refractivity contribution >= 4 is 11.9 Å². The molecule has 1 aromatic rings. The van der Waals surface area contributed by atoms with Crippen LogP contribution in [0.4, 0.5) is 13.2 Å². The Hall–Kier alpha value is -2.25. The molecule has 1 aliphatic rings. The summed E-state index contributed by atoms with van der Waals surface area (Å²) >= 11 is 0. The molecule has 0 spiro atoms. The van der Waals surface area contributed by atoms with E-state index in [1.54, 1.807) is 0 Å². The molecule has 23 heavy (non-hydrogen) atoms. The highest BCUT2D eigenvalue weighted by atomic mass is 19.4. The van der Waals surface area contributed by atoms with E-state index in [9.17, 15) is 22.8 Å². The number of carboxylic acids is 1. The zero-order valence-electron chi connectivity index (χ0n) is 12.2. The number of benzene rings is 1. The number of hydrogen-bond acceptors (Lipinski definition) is 3. The van der Waals surface area contributed by atoms with E-state index in [2.05, 4.69) is 0 Å². The summed E-state index contributed by atoms with van der Waals surface area (Å²) in [5, 5.41) is 8.89. The van der Waals surface area contributed by atoms with E-state index in [1.165, 1.54) is 4.90 Å². The van der Waals surface area contributed by atoms with Crippen molar-refractivity contribution in [1.82, 2.24) is 4.90 Å². The van der Waals surface area contributed by atoms with Crippen molar-refractivity contribution < 1.29 is 32.6 Å². The summed E-state index contributed by atoms with van der Waals surface area (Å²) in [6.07, 6.45) is -3.63. The highest BCUT2D eigenvalue weighted by molar-refractivity contribution is 5.78. The van der Waals surface area contributed by atoms with E-state index in [0.717, 1.165) is 24.3 Å². The first kappa shape index (κ1) is 17.1. The molecule has 1 heterocycles. The topological polar surface area (TPSA) is 66.8 Å². The summed E-state index contributed by atoms with van der Waals surface area (Å²) in [6, 6.07) is 4.09. The fraction of sp³-hybridized carbons (Fsp3) is 0.467. The minimum Gasteiger partial charge on any atom is -0.484 e. The standard InChI is InChI=1S/C15H16F3NO4/c16-15(17,18)11-1-3-12(4-2-11)23-9-13(20)19-7-5-10(6-8-19)14(21)22/h1-4,10H,5-9H2,(H,21,22). The lowest BCUT2D eigenvalue weighted by molar-refractivity contribution is -0.146. The Balaban J connectivity index is 1.82. The molecule has 0 radical (unpaired) electrons. The van der Waals surface area contributed by atoms with Gasteiger partial charge in [-0.15, -0.1) is 0 Å². The van der Waals surface area contributed by atoms with Gasteiger partial charge in [-0.1, -0.05) is 0 Å². The molecule has 0 bridgehead atoms. The van der Waals surface area contributed by atoms with Crippen molar-refractivity contribution in [3.8, 4) is 5.75 Å². The van der Waals surface area contributed by atoms with Crippen LogP contribution in [0.3, 0.4) is 0 Å². The van der Waals surface area contributed by atoms with Crippen LogP contribution in [-0.2, 0) is 15.8 Å². The number of carboxylic acid groups (broad SMARTS) is 1. The highest BCUT2D eigenvalue weighted by Gasteiger charge is 2.30. The van der Waals surface area contributed by atoms with Gasteiger partial charge >= 0.3 is 12.1 Å². The smallest absolute Gasteiger partial charge is 0.416 e. The predicted molar refractivity (Wildman–Crippen MR) is 73.9 cm³/mol. The largest absolute Gasteiger partial charge is 0.484 e. The number of piperidine rings is 1. The second kappa shape index (κ2) is 6.89. The maximum atomic E-state index is 12.4. The Morgan fingerprint density at radius 1 is 1.17 bits per heavy atom. The second-order valence-electron chi connectivity index (χ2n) is 5.30. The summed E-state index contributed by atoms with van der Waals surface area (Å²) in [6.45, 7) is 0.390.